The normalized spacial score (nSPS) is 14.8. The van der Waals surface area contributed by atoms with Crippen molar-refractivity contribution in [2.45, 2.75) is 31.5 Å². The third kappa shape index (κ3) is 4.28. The highest BCUT2D eigenvalue weighted by molar-refractivity contribution is 7.99. The molecule has 2 aromatic carbocycles. The van der Waals surface area contributed by atoms with Crippen molar-refractivity contribution < 1.29 is 9.53 Å². The highest BCUT2D eigenvalue weighted by atomic mass is 32.2. The van der Waals surface area contributed by atoms with Crippen LogP contribution in [-0.2, 0) is 11.2 Å². The molecule has 0 N–H and O–H groups in total. The van der Waals surface area contributed by atoms with Crippen LogP contribution in [0.5, 0.6) is 5.75 Å². The molecule has 2 aromatic heterocycles. The van der Waals surface area contributed by atoms with Crippen LogP contribution in [0.15, 0.2) is 78.2 Å². The molecule has 4 aromatic rings. The van der Waals surface area contributed by atoms with Gasteiger partial charge in [-0.05, 0) is 68.3 Å². The van der Waals surface area contributed by atoms with Gasteiger partial charge in [-0.1, -0.05) is 30.0 Å². The maximum Gasteiger partial charge on any atom is 0.237 e. The van der Waals surface area contributed by atoms with Gasteiger partial charge in [0.1, 0.15) is 5.75 Å². The van der Waals surface area contributed by atoms with E-state index < -0.39 is 0 Å². The number of para-hydroxylation sites is 1. The Bertz CT molecular complexity index is 1290. The highest BCUT2D eigenvalue weighted by Crippen LogP contribution is 2.34. The number of pyridine rings is 1. The van der Waals surface area contributed by atoms with E-state index in [-0.39, 0.29) is 17.7 Å². The first kappa shape index (κ1) is 22.2. The summed E-state index contributed by atoms with van der Waals surface area (Å²) >= 11 is 1.39. The monoisotopic (exact) mass is 471 g/mol. The Morgan fingerprint density at radius 3 is 2.59 bits per heavy atom. The van der Waals surface area contributed by atoms with E-state index in [0.717, 1.165) is 29.1 Å². The third-order valence-electron chi connectivity index (χ3n) is 5.78. The van der Waals surface area contributed by atoms with Crippen LogP contribution in [0, 0.1) is 0 Å². The van der Waals surface area contributed by atoms with Crippen LogP contribution in [0.1, 0.15) is 19.4 Å². The van der Waals surface area contributed by atoms with E-state index in [0.29, 0.717) is 17.6 Å². The van der Waals surface area contributed by atoms with Gasteiger partial charge in [0.15, 0.2) is 11.0 Å². The maximum atomic E-state index is 13.3. The van der Waals surface area contributed by atoms with Gasteiger partial charge < -0.3 is 9.64 Å². The zero-order chi connectivity index (χ0) is 23.5. The summed E-state index contributed by atoms with van der Waals surface area (Å²) in [6.45, 7) is 4.66. The van der Waals surface area contributed by atoms with Gasteiger partial charge in [0.25, 0.3) is 0 Å². The fourth-order valence-electron chi connectivity index (χ4n) is 4.28. The number of anilines is 1. The van der Waals surface area contributed by atoms with Crippen molar-refractivity contribution in [2.75, 3.05) is 17.3 Å². The second kappa shape index (κ2) is 9.69. The van der Waals surface area contributed by atoms with E-state index in [4.69, 9.17) is 4.74 Å². The largest absolute Gasteiger partial charge is 0.494 e. The predicted octanol–water partition coefficient (Wildman–Crippen LogP) is 4.80. The molecule has 1 aliphatic rings. The van der Waals surface area contributed by atoms with E-state index in [9.17, 15) is 4.79 Å². The van der Waals surface area contributed by atoms with Gasteiger partial charge in [-0.2, -0.15) is 0 Å². The Balaban J connectivity index is 1.44. The number of carbonyl (C=O) groups excluding carboxylic acids is 1. The fourth-order valence-corrected chi connectivity index (χ4v) is 5.09. The van der Waals surface area contributed by atoms with E-state index in [2.05, 4.69) is 28.2 Å². The lowest BCUT2D eigenvalue weighted by Gasteiger charge is -2.22. The molecule has 0 spiro atoms. The van der Waals surface area contributed by atoms with E-state index >= 15 is 0 Å². The lowest BCUT2D eigenvalue weighted by Crippen LogP contribution is -2.37. The van der Waals surface area contributed by atoms with Crippen LogP contribution < -0.4 is 9.64 Å². The zero-order valence-electron chi connectivity index (χ0n) is 19.1. The minimum Gasteiger partial charge on any atom is -0.494 e. The summed E-state index contributed by atoms with van der Waals surface area (Å²) in [5.41, 5.74) is 4.02. The third-order valence-corrected chi connectivity index (χ3v) is 6.69. The standard InChI is InChI=1S/C26H25N5O2S/c1-3-33-22-10-8-21(9-11-22)31-25(19-12-14-27-15-13-19)28-29-26(31)34-17-24(32)30-18(2)16-20-6-4-5-7-23(20)30/h4-15,18H,3,16-17H2,1-2H3. The quantitative estimate of drug-likeness (QED) is 0.361. The smallest absolute Gasteiger partial charge is 0.237 e. The van der Waals surface area contributed by atoms with Gasteiger partial charge in [-0.25, -0.2) is 0 Å². The van der Waals surface area contributed by atoms with Crippen LogP contribution >= 0.6 is 11.8 Å². The lowest BCUT2D eigenvalue weighted by atomic mass is 10.1. The Morgan fingerprint density at radius 1 is 1.06 bits per heavy atom. The number of hydrogen-bond donors (Lipinski definition) is 0. The number of rotatable bonds is 7. The summed E-state index contributed by atoms with van der Waals surface area (Å²) in [6.07, 6.45) is 4.34. The summed E-state index contributed by atoms with van der Waals surface area (Å²) in [4.78, 5) is 19.3. The summed E-state index contributed by atoms with van der Waals surface area (Å²) in [6, 6.07) is 19.9. The first-order valence-electron chi connectivity index (χ1n) is 11.3. The van der Waals surface area contributed by atoms with Crippen LogP contribution in [0.25, 0.3) is 17.1 Å². The molecule has 1 atom stereocenters. The fraction of sp³-hybridized carbons (Fsp3) is 0.231. The van der Waals surface area contributed by atoms with E-state index in [1.165, 1.54) is 17.3 Å². The molecule has 0 bridgehead atoms. The molecular weight excluding hydrogens is 446 g/mol. The van der Waals surface area contributed by atoms with Crippen molar-refractivity contribution >= 4 is 23.4 Å². The summed E-state index contributed by atoms with van der Waals surface area (Å²) in [5.74, 6) is 1.83. The number of ether oxygens (including phenoxy) is 1. The molecule has 1 unspecified atom stereocenters. The van der Waals surface area contributed by atoms with Crippen molar-refractivity contribution in [1.29, 1.82) is 0 Å². The second-order valence-electron chi connectivity index (χ2n) is 8.04. The predicted molar refractivity (Wildman–Crippen MR) is 134 cm³/mol. The van der Waals surface area contributed by atoms with Crippen molar-refractivity contribution in [1.82, 2.24) is 19.7 Å². The topological polar surface area (TPSA) is 73.1 Å². The second-order valence-corrected chi connectivity index (χ2v) is 8.98. The molecule has 0 fully saturated rings. The number of thioether (sulfide) groups is 1. The molecule has 5 rings (SSSR count). The van der Waals surface area contributed by atoms with Gasteiger partial charge in [-0.3, -0.25) is 14.3 Å². The molecule has 0 radical (unpaired) electrons. The average Bonchev–Trinajstić information content (AvgIpc) is 3.44. The number of fused-ring (bicyclic) bond motifs is 1. The van der Waals surface area contributed by atoms with Crippen LogP contribution in [0.2, 0.25) is 0 Å². The molecule has 0 aliphatic carbocycles. The molecule has 34 heavy (non-hydrogen) atoms. The lowest BCUT2D eigenvalue weighted by molar-refractivity contribution is -0.116. The van der Waals surface area contributed by atoms with Crippen molar-refractivity contribution in [3.63, 3.8) is 0 Å². The maximum absolute atomic E-state index is 13.3. The number of amides is 1. The molecule has 172 valence electrons. The first-order chi connectivity index (χ1) is 16.7. The van der Waals surface area contributed by atoms with Crippen LogP contribution in [-0.4, -0.2) is 44.1 Å². The number of nitrogens with zero attached hydrogens (tertiary/aromatic N) is 5. The minimum atomic E-state index is 0.0640. The van der Waals surface area contributed by atoms with Crippen LogP contribution in [0.4, 0.5) is 5.69 Å². The Hall–Kier alpha value is -3.65. The Labute approximate surface area is 202 Å². The van der Waals surface area contributed by atoms with Gasteiger partial charge >= 0.3 is 0 Å². The Kier molecular flexibility index (Phi) is 6.31. The van der Waals surface area contributed by atoms with E-state index in [1.807, 2.05) is 71.0 Å². The molecule has 8 heteroatoms. The van der Waals surface area contributed by atoms with Gasteiger partial charge in [-0.15, -0.1) is 10.2 Å². The first-order valence-corrected chi connectivity index (χ1v) is 12.3. The number of aromatic nitrogens is 4. The van der Waals surface area contributed by atoms with Gasteiger partial charge in [0.2, 0.25) is 5.91 Å². The molecule has 0 saturated carbocycles. The summed E-state index contributed by atoms with van der Waals surface area (Å²) < 4.78 is 7.57. The summed E-state index contributed by atoms with van der Waals surface area (Å²) in [5, 5.41) is 9.56. The molecule has 1 aliphatic heterocycles. The minimum absolute atomic E-state index is 0.0640. The zero-order valence-corrected chi connectivity index (χ0v) is 19.9. The molecule has 0 saturated heterocycles. The summed E-state index contributed by atoms with van der Waals surface area (Å²) in [7, 11) is 0. The van der Waals surface area contributed by atoms with E-state index in [1.54, 1.807) is 12.4 Å². The SMILES string of the molecule is CCOc1ccc(-n2c(SCC(=O)N3c4ccccc4CC3C)nnc2-c2ccncc2)cc1. The number of carbonyl (C=O) groups is 1. The average molecular weight is 472 g/mol. The molecule has 3 heterocycles. The van der Waals surface area contributed by atoms with Crippen LogP contribution in [0.3, 0.4) is 0 Å². The molecular formula is C26H25N5O2S. The van der Waals surface area contributed by atoms with Crippen molar-refractivity contribution in [3.05, 3.63) is 78.6 Å². The van der Waals surface area contributed by atoms with Crippen molar-refractivity contribution in [3.8, 4) is 22.8 Å². The van der Waals surface area contributed by atoms with Gasteiger partial charge in [0, 0.05) is 35.4 Å². The number of hydrogen-bond acceptors (Lipinski definition) is 6. The highest BCUT2D eigenvalue weighted by Gasteiger charge is 2.30. The van der Waals surface area contributed by atoms with Gasteiger partial charge in [0.05, 0.1) is 12.4 Å². The molecule has 7 nitrogen and oxygen atoms in total. The van der Waals surface area contributed by atoms with Crippen molar-refractivity contribution in [2.24, 2.45) is 0 Å². The Morgan fingerprint density at radius 2 is 1.82 bits per heavy atom. The molecule has 1 amide bonds. The number of benzene rings is 2.